The number of para-hydroxylation sites is 1. The molecule has 5 aromatic carbocycles. The molecule has 2 N–H and O–H groups in total. The normalized spacial score (nSPS) is 18.2. The minimum atomic E-state index is -0.186. The standard InChI is InChI=1S/C41H33N5/c1-41(2)33-19-11-9-17-29(33)31-23-32-30-18-10-12-20-35(30)46(36(32)24-34(31)41)37-22-21-28(25-42-37)40-44-38(26-13-5-3-6-14-26)43-39(45-40)27-15-7-4-8-16-27/h3-25,38,40,44H,1-2H3,(H,43,45). The molecule has 7 aromatic rings. The minimum absolute atomic E-state index is 0.0791. The van der Waals surface area contributed by atoms with Crippen molar-refractivity contribution in [3.63, 3.8) is 0 Å². The Labute approximate surface area is 268 Å². The number of aliphatic imine (C=N–C) groups is 1. The van der Waals surface area contributed by atoms with E-state index >= 15 is 0 Å². The van der Waals surface area contributed by atoms with Crippen molar-refractivity contribution in [2.24, 2.45) is 4.99 Å². The predicted molar refractivity (Wildman–Crippen MR) is 187 cm³/mol. The van der Waals surface area contributed by atoms with Gasteiger partial charge < -0.3 is 5.32 Å². The first-order chi connectivity index (χ1) is 22.6. The van der Waals surface area contributed by atoms with Crippen molar-refractivity contribution in [3.05, 3.63) is 167 Å². The summed E-state index contributed by atoms with van der Waals surface area (Å²) in [7, 11) is 0. The van der Waals surface area contributed by atoms with Crippen LogP contribution in [0.25, 0.3) is 38.8 Å². The first kappa shape index (κ1) is 26.8. The molecule has 1 aliphatic heterocycles. The second kappa shape index (κ2) is 10.3. The maximum Gasteiger partial charge on any atom is 0.137 e. The van der Waals surface area contributed by atoms with Gasteiger partial charge in [0.15, 0.2) is 0 Å². The largest absolute Gasteiger partial charge is 0.350 e. The monoisotopic (exact) mass is 595 g/mol. The molecule has 0 saturated carbocycles. The van der Waals surface area contributed by atoms with Crippen molar-refractivity contribution in [1.82, 2.24) is 20.2 Å². The Morgan fingerprint density at radius 1 is 0.630 bits per heavy atom. The fourth-order valence-electron chi connectivity index (χ4n) is 7.39. The number of rotatable bonds is 4. The molecule has 1 aliphatic carbocycles. The molecule has 5 heteroatoms. The summed E-state index contributed by atoms with van der Waals surface area (Å²) in [4.78, 5) is 10.2. The number of nitrogens with one attached hydrogen (secondary N) is 2. The van der Waals surface area contributed by atoms with Gasteiger partial charge in [-0.05, 0) is 52.1 Å². The molecule has 5 nitrogen and oxygen atoms in total. The van der Waals surface area contributed by atoms with Crippen molar-refractivity contribution in [3.8, 4) is 16.9 Å². The smallest absolute Gasteiger partial charge is 0.137 e. The fraction of sp³-hybridized carbons (Fsp3) is 0.122. The van der Waals surface area contributed by atoms with E-state index < -0.39 is 0 Å². The van der Waals surface area contributed by atoms with E-state index in [9.17, 15) is 0 Å². The molecule has 0 saturated heterocycles. The number of fused-ring (bicyclic) bond motifs is 6. The van der Waals surface area contributed by atoms with E-state index in [4.69, 9.17) is 9.98 Å². The lowest BCUT2D eigenvalue weighted by molar-refractivity contribution is 0.408. The highest BCUT2D eigenvalue weighted by molar-refractivity contribution is 6.11. The third kappa shape index (κ3) is 4.12. The van der Waals surface area contributed by atoms with E-state index in [1.165, 1.54) is 38.5 Å². The van der Waals surface area contributed by atoms with Gasteiger partial charge >= 0.3 is 0 Å². The Bertz CT molecular complexity index is 2280. The van der Waals surface area contributed by atoms with Crippen molar-refractivity contribution in [2.75, 3.05) is 0 Å². The average Bonchev–Trinajstić information content (AvgIpc) is 3.56. The van der Waals surface area contributed by atoms with Gasteiger partial charge in [-0.15, -0.1) is 0 Å². The molecule has 0 radical (unpaired) electrons. The molecular weight excluding hydrogens is 562 g/mol. The number of hydrogen-bond acceptors (Lipinski definition) is 4. The van der Waals surface area contributed by atoms with E-state index in [0.29, 0.717) is 0 Å². The zero-order valence-corrected chi connectivity index (χ0v) is 25.8. The number of nitrogens with zero attached hydrogens (tertiary/aromatic N) is 3. The lowest BCUT2D eigenvalue weighted by Crippen LogP contribution is -2.45. The highest BCUT2D eigenvalue weighted by atomic mass is 15.3. The molecular formula is C41H33N5. The zero-order valence-electron chi connectivity index (χ0n) is 25.8. The van der Waals surface area contributed by atoms with E-state index in [-0.39, 0.29) is 17.7 Å². The molecule has 2 aliphatic rings. The van der Waals surface area contributed by atoms with Crippen LogP contribution >= 0.6 is 0 Å². The number of hydrogen-bond donors (Lipinski definition) is 2. The predicted octanol–water partition coefficient (Wildman–Crippen LogP) is 8.82. The minimum Gasteiger partial charge on any atom is -0.350 e. The molecule has 0 fully saturated rings. The summed E-state index contributed by atoms with van der Waals surface area (Å²) < 4.78 is 2.32. The van der Waals surface area contributed by atoms with Gasteiger partial charge in [-0.25, -0.2) is 9.98 Å². The Kier molecular flexibility index (Phi) is 5.99. The van der Waals surface area contributed by atoms with Gasteiger partial charge in [0.2, 0.25) is 0 Å². The number of benzene rings is 5. The van der Waals surface area contributed by atoms with Gasteiger partial charge in [0.05, 0.1) is 11.0 Å². The first-order valence-electron chi connectivity index (χ1n) is 15.9. The van der Waals surface area contributed by atoms with Crippen LogP contribution in [0, 0.1) is 0 Å². The molecule has 0 amide bonds. The van der Waals surface area contributed by atoms with Crippen molar-refractivity contribution < 1.29 is 0 Å². The van der Waals surface area contributed by atoms with Crippen LogP contribution in [0.2, 0.25) is 0 Å². The second-order valence-electron chi connectivity index (χ2n) is 12.8. The van der Waals surface area contributed by atoms with Crippen LogP contribution in [-0.4, -0.2) is 15.4 Å². The summed E-state index contributed by atoms with van der Waals surface area (Å²) in [6, 6.07) is 47.3. The van der Waals surface area contributed by atoms with Crippen LogP contribution in [0.4, 0.5) is 0 Å². The number of aromatic nitrogens is 2. The second-order valence-corrected chi connectivity index (χ2v) is 12.8. The van der Waals surface area contributed by atoms with Crippen LogP contribution in [0.5, 0.6) is 0 Å². The average molecular weight is 596 g/mol. The summed E-state index contributed by atoms with van der Waals surface area (Å²) >= 11 is 0. The Hall–Kier alpha value is -5.52. The molecule has 46 heavy (non-hydrogen) atoms. The van der Waals surface area contributed by atoms with Gasteiger partial charge in [0.25, 0.3) is 0 Å². The summed E-state index contributed by atoms with van der Waals surface area (Å²) in [5.74, 6) is 1.76. The topological polar surface area (TPSA) is 54.2 Å². The Balaban J connectivity index is 1.14. The highest BCUT2D eigenvalue weighted by Gasteiger charge is 2.36. The molecule has 0 bridgehead atoms. The van der Waals surface area contributed by atoms with Crippen LogP contribution in [0.15, 0.2) is 145 Å². The molecule has 222 valence electrons. The fourth-order valence-corrected chi connectivity index (χ4v) is 7.39. The Morgan fingerprint density at radius 3 is 2.17 bits per heavy atom. The lowest BCUT2D eigenvalue weighted by atomic mass is 9.82. The maximum absolute atomic E-state index is 5.10. The van der Waals surface area contributed by atoms with Crippen LogP contribution in [0.3, 0.4) is 0 Å². The van der Waals surface area contributed by atoms with Crippen molar-refractivity contribution in [1.29, 1.82) is 0 Å². The van der Waals surface area contributed by atoms with Crippen LogP contribution in [-0.2, 0) is 5.41 Å². The van der Waals surface area contributed by atoms with Crippen molar-refractivity contribution in [2.45, 2.75) is 31.6 Å². The van der Waals surface area contributed by atoms with E-state index in [2.05, 4.69) is 138 Å². The third-order valence-electron chi connectivity index (χ3n) is 9.74. The summed E-state index contributed by atoms with van der Waals surface area (Å²) in [5.41, 5.74) is 10.9. The number of pyridine rings is 1. The first-order valence-corrected chi connectivity index (χ1v) is 15.9. The summed E-state index contributed by atoms with van der Waals surface area (Å²) in [5, 5.41) is 9.82. The summed E-state index contributed by atoms with van der Waals surface area (Å²) in [6.07, 6.45) is 1.64. The van der Waals surface area contributed by atoms with Gasteiger partial charge in [-0.1, -0.05) is 123 Å². The molecule has 2 unspecified atom stereocenters. The van der Waals surface area contributed by atoms with Gasteiger partial charge in [0, 0.05) is 33.5 Å². The highest BCUT2D eigenvalue weighted by Crippen LogP contribution is 2.50. The zero-order chi connectivity index (χ0) is 30.8. The summed E-state index contributed by atoms with van der Waals surface area (Å²) in [6.45, 7) is 4.67. The maximum atomic E-state index is 5.10. The van der Waals surface area contributed by atoms with Gasteiger partial charge in [0.1, 0.15) is 24.0 Å². The third-order valence-corrected chi connectivity index (χ3v) is 9.74. The Morgan fingerprint density at radius 2 is 1.37 bits per heavy atom. The number of amidine groups is 1. The molecule has 2 atom stereocenters. The van der Waals surface area contributed by atoms with Crippen LogP contribution in [0.1, 0.15) is 54.0 Å². The van der Waals surface area contributed by atoms with Gasteiger partial charge in [-0.2, -0.15) is 0 Å². The molecule has 3 heterocycles. The molecule has 0 spiro atoms. The lowest BCUT2D eigenvalue weighted by Gasteiger charge is -2.32. The van der Waals surface area contributed by atoms with Crippen molar-refractivity contribution >= 4 is 27.6 Å². The van der Waals surface area contributed by atoms with Gasteiger partial charge in [-0.3, -0.25) is 9.88 Å². The quantitative estimate of drug-likeness (QED) is 0.214. The van der Waals surface area contributed by atoms with E-state index in [0.717, 1.165) is 33.9 Å². The molecule has 9 rings (SSSR count). The molecule has 2 aromatic heterocycles. The van der Waals surface area contributed by atoms with Crippen LogP contribution < -0.4 is 10.6 Å². The van der Waals surface area contributed by atoms with E-state index in [1.807, 2.05) is 30.5 Å². The van der Waals surface area contributed by atoms with E-state index in [1.54, 1.807) is 0 Å². The SMILES string of the molecule is CC1(C)c2ccccc2-c2cc3c4ccccc4n(-c4ccc(C5NC(c6ccccc6)=NC(c6ccccc6)N5)cn4)c3cc21.